The van der Waals surface area contributed by atoms with Crippen molar-refractivity contribution in [3.05, 3.63) is 60.2 Å². The molecular weight excluding hydrogens is 212 g/mol. The molecule has 0 saturated carbocycles. The summed E-state index contributed by atoms with van der Waals surface area (Å²) >= 11 is 0. The fourth-order valence-corrected chi connectivity index (χ4v) is 1.52. The number of hydrogen-bond acceptors (Lipinski definition) is 3. The summed E-state index contributed by atoms with van der Waals surface area (Å²) < 4.78 is 5.67. The van der Waals surface area contributed by atoms with E-state index in [0.717, 1.165) is 17.0 Å². The smallest absolute Gasteiger partial charge is 0.119 e. The van der Waals surface area contributed by atoms with Gasteiger partial charge in [-0.3, -0.25) is 0 Å². The maximum Gasteiger partial charge on any atom is 0.119 e. The Labute approximate surface area is 101 Å². The van der Waals surface area contributed by atoms with Crippen LogP contribution in [0.4, 0.5) is 5.69 Å². The van der Waals surface area contributed by atoms with Gasteiger partial charge in [-0.2, -0.15) is 0 Å². The summed E-state index contributed by atoms with van der Waals surface area (Å²) in [5.74, 6) is 6.47. The summed E-state index contributed by atoms with van der Waals surface area (Å²) in [5.41, 5.74) is 2.12. The van der Waals surface area contributed by atoms with Crippen LogP contribution in [0.1, 0.15) is 5.56 Å². The lowest BCUT2D eigenvalue weighted by Gasteiger charge is -2.12. The summed E-state index contributed by atoms with van der Waals surface area (Å²) in [5, 5.41) is 1.57. The molecule has 2 N–H and O–H groups in total. The highest BCUT2D eigenvalue weighted by Crippen LogP contribution is 2.17. The third-order valence-corrected chi connectivity index (χ3v) is 2.49. The minimum Gasteiger partial charge on any atom is -0.489 e. The molecule has 0 aliphatic heterocycles. The second kappa shape index (κ2) is 5.37. The molecule has 0 amide bonds. The van der Waals surface area contributed by atoms with Crippen LogP contribution in [0.25, 0.3) is 0 Å². The van der Waals surface area contributed by atoms with E-state index in [4.69, 9.17) is 10.6 Å². The van der Waals surface area contributed by atoms with Gasteiger partial charge in [-0.1, -0.05) is 30.3 Å². The number of anilines is 1. The Morgan fingerprint density at radius 3 is 2.24 bits per heavy atom. The minimum atomic E-state index is 0.582. The normalized spacial score (nSPS) is 10.0. The zero-order valence-electron chi connectivity index (χ0n) is 9.84. The SMILES string of the molecule is CN(N)c1ccc(OCc2ccccc2)cc1. The predicted octanol–water partition coefficient (Wildman–Crippen LogP) is 2.58. The Hall–Kier alpha value is -2.00. The molecule has 3 nitrogen and oxygen atoms in total. The van der Waals surface area contributed by atoms with Crippen LogP contribution in [0.3, 0.4) is 0 Å². The molecule has 0 bridgehead atoms. The van der Waals surface area contributed by atoms with E-state index in [1.807, 2.05) is 54.6 Å². The Morgan fingerprint density at radius 1 is 1.00 bits per heavy atom. The molecule has 0 aliphatic carbocycles. The first-order valence-electron chi connectivity index (χ1n) is 5.51. The van der Waals surface area contributed by atoms with Crippen molar-refractivity contribution in [1.29, 1.82) is 0 Å². The fourth-order valence-electron chi connectivity index (χ4n) is 1.52. The molecule has 0 atom stereocenters. The number of hydrazine groups is 1. The van der Waals surface area contributed by atoms with Gasteiger partial charge in [0.1, 0.15) is 12.4 Å². The van der Waals surface area contributed by atoms with E-state index in [1.165, 1.54) is 0 Å². The van der Waals surface area contributed by atoms with Crippen LogP contribution in [-0.4, -0.2) is 7.05 Å². The van der Waals surface area contributed by atoms with E-state index in [9.17, 15) is 0 Å². The maximum absolute atomic E-state index is 5.67. The quantitative estimate of drug-likeness (QED) is 0.645. The molecule has 88 valence electrons. The van der Waals surface area contributed by atoms with Gasteiger partial charge in [0.15, 0.2) is 0 Å². The lowest BCUT2D eigenvalue weighted by molar-refractivity contribution is 0.306. The van der Waals surface area contributed by atoms with Gasteiger partial charge in [-0.05, 0) is 29.8 Å². The molecule has 0 spiro atoms. The zero-order valence-corrected chi connectivity index (χ0v) is 9.84. The number of nitrogens with zero attached hydrogens (tertiary/aromatic N) is 1. The van der Waals surface area contributed by atoms with Crippen LogP contribution >= 0.6 is 0 Å². The van der Waals surface area contributed by atoms with E-state index in [-0.39, 0.29) is 0 Å². The molecule has 0 unspecified atom stereocenters. The molecule has 0 radical (unpaired) electrons. The van der Waals surface area contributed by atoms with Crippen molar-refractivity contribution in [2.45, 2.75) is 6.61 Å². The van der Waals surface area contributed by atoms with E-state index in [2.05, 4.69) is 0 Å². The summed E-state index contributed by atoms with van der Waals surface area (Å²) in [4.78, 5) is 0. The molecule has 0 saturated heterocycles. The summed E-state index contributed by atoms with van der Waals surface area (Å²) in [6.45, 7) is 0.582. The Balaban J connectivity index is 1.96. The van der Waals surface area contributed by atoms with E-state index >= 15 is 0 Å². The van der Waals surface area contributed by atoms with Crippen LogP contribution in [0.5, 0.6) is 5.75 Å². The lowest BCUT2D eigenvalue weighted by Crippen LogP contribution is -2.24. The number of hydrogen-bond donors (Lipinski definition) is 1. The van der Waals surface area contributed by atoms with Crippen molar-refractivity contribution in [1.82, 2.24) is 0 Å². The molecule has 0 aliphatic rings. The monoisotopic (exact) mass is 228 g/mol. The molecule has 3 heteroatoms. The number of nitrogens with two attached hydrogens (primary N) is 1. The van der Waals surface area contributed by atoms with Crippen LogP contribution < -0.4 is 15.6 Å². The van der Waals surface area contributed by atoms with Gasteiger partial charge >= 0.3 is 0 Å². The van der Waals surface area contributed by atoms with Gasteiger partial charge in [0, 0.05) is 7.05 Å². The topological polar surface area (TPSA) is 38.5 Å². The molecule has 17 heavy (non-hydrogen) atoms. The largest absolute Gasteiger partial charge is 0.489 e. The lowest BCUT2D eigenvalue weighted by atomic mass is 10.2. The molecule has 0 heterocycles. The van der Waals surface area contributed by atoms with Crippen LogP contribution in [-0.2, 0) is 6.61 Å². The first-order chi connectivity index (χ1) is 8.25. The second-order valence-corrected chi connectivity index (χ2v) is 3.88. The molecule has 0 fully saturated rings. The first-order valence-corrected chi connectivity index (χ1v) is 5.51. The van der Waals surface area contributed by atoms with Gasteiger partial charge < -0.3 is 9.75 Å². The molecular formula is C14H16N2O. The standard InChI is InChI=1S/C14H16N2O/c1-16(15)13-7-9-14(10-8-13)17-11-12-5-3-2-4-6-12/h2-10H,11,15H2,1H3. The molecule has 0 aromatic heterocycles. The van der Waals surface area contributed by atoms with Crippen LogP contribution in [0.2, 0.25) is 0 Å². The maximum atomic E-state index is 5.67. The molecule has 2 rings (SSSR count). The van der Waals surface area contributed by atoms with Crippen molar-refractivity contribution >= 4 is 5.69 Å². The Kier molecular flexibility index (Phi) is 3.62. The highest BCUT2D eigenvalue weighted by atomic mass is 16.5. The average Bonchev–Trinajstić information content (AvgIpc) is 2.38. The van der Waals surface area contributed by atoms with Gasteiger partial charge in [0.25, 0.3) is 0 Å². The van der Waals surface area contributed by atoms with E-state index in [0.29, 0.717) is 6.61 Å². The van der Waals surface area contributed by atoms with Crippen molar-refractivity contribution < 1.29 is 4.74 Å². The van der Waals surface area contributed by atoms with Crippen LogP contribution in [0.15, 0.2) is 54.6 Å². The first kappa shape index (κ1) is 11.5. The Bertz CT molecular complexity index is 451. The van der Waals surface area contributed by atoms with Crippen molar-refractivity contribution in [2.75, 3.05) is 12.1 Å². The number of benzene rings is 2. The summed E-state index contributed by atoms with van der Waals surface area (Å²) in [6.07, 6.45) is 0. The van der Waals surface area contributed by atoms with Gasteiger partial charge in [0.2, 0.25) is 0 Å². The van der Waals surface area contributed by atoms with Gasteiger partial charge in [-0.15, -0.1) is 0 Å². The third-order valence-electron chi connectivity index (χ3n) is 2.49. The highest BCUT2D eigenvalue weighted by molar-refractivity contribution is 5.46. The summed E-state index contributed by atoms with van der Waals surface area (Å²) in [6, 6.07) is 17.8. The minimum absolute atomic E-state index is 0.582. The second-order valence-electron chi connectivity index (χ2n) is 3.88. The van der Waals surface area contributed by atoms with Crippen molar-refractivity contribution in [3.63, 3.8) is 0 Å². The zero-order chi connectivity index (χ0) is 12.1. The molecule has 2 aromatic carbocycles. The van der Waals surface area contributed by atoms with Gasteiger partial charge in [0.05, 0.1) is 5.69 Å². The van der Waals surface area contributed by atoms with Crippen molar-refractivity contribution in [3.8, 4) is 5.75 Å². The fraction of sp³-hybridized carbons (Fsp3) is 0.143. The van der Waals surface area contributed by atoms with Gasteiger partial charge in [-0.25, -0.2) is 5.84 Å². The van der Waals surface area contributed by atoms with E-state index in [1.54, 1.807) is 12.1 Å². The average molecular weight is 228 g/mol. The Morgan fingerprint density at radius 2 is 1.65 bits per heavy atom. The van der Waals surface area contributed by atoms with Crippen LogP contribution in [0, 0.1) is 0 Å². The van der Waals surface area contributed by atoms with E-state index < -0.39 is 0 Å². The molecule has 2 aromatic rings. The number of ether oxygens (including phenoxy) is 1. The third kappa shape index (κ3) is 3.23. The van der Waals surface area contributed by atoms with Crippen molar-refractivity contribution in [2.24, 2.45) is 5.84 Å². The summed E-state index contributed by atoms with van der Waals surface area (Å²) in [7, 11) is 1.81. The predicted molar refractivity (Wildman–Crippen MR) is 69.8 cm³/mol. The highest BCUT2D eigenvalue weighted by Gasteiger charge is 1.97. The number of rotatable bonds is 4.